The Bertz CT molecular complexity index is 759. The second kappa shape index (κ2) is 9.45. The molecule has 1 N–H and O–H groups in total. The number of rotatable bonds is 8. The summed E-state index contributed by atoms with van der Waals surface area (Å²) in [5.41, 5.74) is 0.841. The van der Waals surface area contributed by atoms with Gasteiger partial charge in [0.15, 0.2) is 8.32 Å². The zero-order valence-electron chi connectivity index (χ0n) is 18.9. The molecule has 1 aliphatic rings. The van der Waals surface area contributed by atoms with E-state index < -0.39 is 44.5 Å². The van der Waals surface area contributed by atoms with Crippen LogP contribution >= 0.6 is 0 Å². The van der Waals surface area contributed by atoms with E-state index in [4.69, 9.17) is 9.16 Å². The Kier molecular flexibility index (Phi) is 7.66. The van der Waals surface area contributed by atoms with Crippen LogP contribution in [0.3, 0.4) is 0 Å². The first-order valence-corrected chi connectivity index (χ1v) is 13.3. The molecule has 0 bridgehead atoms. The van der Waals surface area contributed by atoms with Crippen LogP contribution in [0.5, 0.6) is 0 Å². The largest absolute Gasteiger partial charge is 0.439 e. The fourth-order valence-electron chi connectivity index (χ4n) is 3.41. The van der Waals surface area contributed by atoms with Crippen LogP contribution < -0.4 is 0 Å². The molecule has 30 heavy (non-hydrogen) atoms. The molecule has 1 aliphatic heterocycles. The molecule has 166 valence electrons. The highest BCUT2D eigenvalue weighted by molar-refractivity contribution is 6.74. The molecule has 1 fully saturated rings. The molecule has 1 saturated heterocycles. The summed E-state index contributed by atoms with van der Waals surface area (Å²) in [6.45, 7) is 16.1. The fourth-order valence-corrected chi connectivity index (χ4v) is 4.79. The van der Waals surface area contributed by atoms with Gasteiger partial charge in [0.05, 0.1) is 18.1 Å². The number of imide groups is 1. The number of amides is 2. The maximum Gasteiger partial charge on any atom is 0.417 e. The molecule has 0 aromatic heterocycles. The Morgan fingerprint density at radius 3 is 2.43 bits per heavy atom. The number of aliphatic hydroxyl groups is 1. The number of nitrogens with zero attached hydrogens (tertiary/aromatic N) is 1. The average molecular weight is 434 g/mol. The normalized spacial score (nSPS) is 21.8. The highest BCUT2D eigenvalue weighted by Gasteiger charge is 2.47. The summed E-state index contributed by atoms with van der Waals surface area (Å²) in [7, 11) is -2.22. The minimum Gasteiger partial charge on any atom is -0.439 e. The van der Waals surface area contributed by atoms with Crippen LogP contribution in [0, 0.1) is 5.92 Å². The van der Waals surface area contributed by atoms with E-state index in [-0.39, 0.29) is 18.1 Å². The first kappa shape index (κ1) is 24.3. The lowest BCUT2D eigenvalue weighted by Crippen LogP contribution is -2.50. The minimum absolute atomic E-state index is 0.0618. The van der Waals surface area contributed by atoms with E-state index in [1.54, 1.807) is 6.92 Å². The van der Waals surface area contributed by atoms with Crippen LogP contribution in [0.4, 0.5) is 4.79 Å². The first-order valence-electron chi connectivity index (χ1n) is 10.4. The van der Waals surface area contributed by atoms with E-state index in [1.165, 1.54) is 11.0 Å². The van der Waals surface area contributed by atoms with Crippen molar-refractivity contribution in [1.29, 1.82) is 0 Å². The van der Waals surface area contributed by atoms with Crippen molar-refractivity contribution < 1.29 is 23.9 Å². The lowest BCUT2D eigenvalue weighted by atomic mass is 9.96. The summed E-state index contributed by atoms with van der Waals surface area (Å²) in [5, 5.41) is 9.55. The van der Waals surface area contributed by atoms with Crippen LogP contribution in [-0.2, 0) is 14.0 Å². The topological polar surface area (TPSA) is 76.1 Å². The number of cyclic esters (lactones) is 1. The average Bonchev–Trinajstić information content (AvgIpc) is 2.96. The molecule has 0 unspecified atom stereocenters. The summed E-state index contributed by atoms with van der Waals surface area (Å²) in [6.07, 6.45) is 0.0608. The fraction of sp³-hybridized carbons (Fsp3) is 0.565. The van der Waals surface area contributed by atoms with Crippen LogP contribution in [0.25, 0.3) is 0 Å². The number of carbonyl (C=O) groups is 2. The second-order valence-corrected chi connectivity index (χ2v) is 14.1. The van der Waals surface area contributed by atoms with Gasteiger partial charge in [0.1, 0.15) is 6.10 Å². The third-order valence-corrected chi connectivity index (χ3v) is 10.7. The molecule has 0 radical (unpaired) electrons. The number of carbonyl (C=O) groups excluding carboxylic acids is 2. The molecule has 0 spiro atoms. The molecular formula is C23H35NO5Si. The van der Waals surface area contributed by atoms with Crippen LogP contribution in [0.15, 0.2) is 43.0 Å². The number of benzene rings is 1. The summed E-state index contributed by atoms with van der Waals surface area (Å²) in [6, 6.07) is 8.93. The molecule has 2 amide bonds. The zero-order valence-corrected chi connectivity index (χ0v) is 19.9. The summed E-state index contributed by atoms with van der Waals surface area (Å²) >= 11 is 0. The van der Waals surface area contributed by atoms with Gasteiger partial charge in [0.25, 0.3) is 0 Å². The van der Waals surface area contributed by atoms with Crippen LogP contribution in [0.2, 0.25) is 18.1 Å². The molecule has 1 aromatic rings. The Morgan fingerprint density at radius 1 is 1.33 bits per heavy atom. The number of hydrogen-bond donors (Lipinski definition) is 1. The van der Waals surface area contributed by atoms with Crippen molar-refractivity contribution in [3.63, 3.8) is 0 Å². The van der Waals surface area contributed by atoms with Crippen molar-refractivity contribution >= 4 is 20.3 Å². The van der Waals surface area contributed by atoms with Crippen molar-refractivity contribution in [2.75, 3.05) is 6.61 Å². The molecular weight excluding hydrogens is 398 g/mol. The van der Waals surface area contributed by atoms with Crippen molar-refractivity contribution in [1.82, 2.24) is 4.90 Å². The first-order chi connectivity index (χ1) is 13.9. The predicted molar refractivity (Wildman–Crippen MR) is 119 cm³/mol. The van der Waals surface area contributed by atoms with Gasteiger partial charge in [0.2, 0.25) is 5.91 Å². The molecule has 4 atom stereocenters. The van der Waals surface area contributed by atoms with Crippen LogP contribution in [-0.4, -0.2) is 49.1 Å². The maximum absolute atomic E-state index is 13.4. The maximum atomic E-state index is 13.4. The monoisotopic (exact) mass is 433 g/mol. The van der Waals surface area contributed by atoms with Gasteiger partial charge in [-0.05, 0) is 37.0 Å². The lowest BCUT2D eigenvalue weighted by Gasteiger charge is -2.41. The summed E-state index contributed by atoms with van der Waals surface area (Å²) < 4.78 is 12.0. The SMILES string of the molecule is C=C[C@@H](C(=O)N1C(=O)O[C@@H](c2ccccc2)[C@H]1C)[C@H](CCO)O[Si](C)(C)C(C)(C)C. The molecule has 2 rings (SSSR count). The van der Waals surface area contributed by atoms with E-state index in [1.807, 2.05) is 30.3 Å². The molecule has 6 nitrogen and oxygen atoms in total. The second-order valence-electron chi connectivity index (χ2n) is 9.35. The van der Waals surface area contributed by atoms with E-state index in [0.717, 1.165) is 5.56 Å². The minimum atomic E-state index is -2.22. The Labute approximate surface area is 181 Å². The van der Waals surface area contributed by atoms with Crippen molar-refractivity contribution in [3.8, 4) is 0 Å². The molecule has 0 saturated carbocycles. The Hall–Kier alpha value is -1.96. The quantitative estimate of drug-likeness (QED) is 0.476. The zero-order chi connectivity index (χ0) is 22.7. The number of hydrogen-bond acceptors (Lipinski definition) is 5. The van der Waals surface area contributed by atoms with E-state index >= 15 is 0 Å². The van der Waals surface area contributed by atoms with Crippen molar-refractivity contribution in [2.45, 2.75) is 70.5 Å². The lowest BCUT2D eigenvalue weighted by molar-refractivity contribution is -0.134. The third kappa shape index (κ3) is 5.02. The Balaban J connectivity index is 2.28. The van der Waals surface area contributed by atoms with Gasteiger partial charge in [-0.25, -0.2) is 9.69 Å². The van der Waals surface area contributed by atoms with E-state index in [2.05, 4.69) is 40.4 Å². The van der Waals surface area contributed by atoms with Gasteiger partial charge >= 0.3 is 6.09 Å². The van der Waals surface area contributed by atoms with Gasteiger partial charge in [-0.2, -0.15) is 0 Å². The summed E-state index contributed by atoms with van der Waals surface area (Å²) in [4.78, 5) is 27.2. The van der Waals surface area contributed by atoms with Gasteiger partial charge in [-0.1, -0.05) is 57.2 Å². The van der Waals surface area contributed by atoms with E-state index in [0.29, 0.717) is 0 Å². The van der Waals surface area contributed by atoms with Crippen molar-refractivity contribution in [2.24, 2.45) is 5.92 Å². The van der Waals surface area contributed by atoms with Crippen molar-refractivity contribution in [3.05, 3.63) is 48.6 Å². The number of ether oxygens (including phenoxy) is 1. The third-order valence-electron chi connectivity index (χ3n) is 6.24. The van der Waals surface area contributed by atoms with Crippen LogP contribution in [0.1, 0.15) is 45.8 Å². The highest BCUT2D eigenvalue weighted by atomic mass is 28.4. The standard InChI is InChI=1S/C23H35NO5Si/c1-8-18(19(14-15-25)29-30(6,7)23(3,4)5)21(26)24-16(2)20(28-22(24)27)17-12-10-9-11-13-17/h8-13,16,18-20,25H,1,14-15H2,2-7H3/t16-,18-,19+,20-/m1/s1. The van der Waals surface area contributed by atoms with Gasteiger partial charge in [-0.15, -0.1) is 6.58 Å². The van der Waals surface area contributed by atoms with E-state index in [9.17, 15) is 14.7 Å². The predicted octanol–water partition coefficient (Wildman–Crippen LogP) is 4.67. The molecule has 0 aliphatic carbocycles. The highest BCUT2D eigenvalue weighted by Crippen LogP contribution is 2.39. The number of aliphatic hydroxyl groups excluding tert-OH is 1. The molecule has 1 aromatic carbocycles. The Morgan fingerprint density at radius 2 is 1.93 bits per heavy atom. The van der Waals surface area contributed by atoms with Gasteiger partial charge < -0.3 is 14.3 Å². The molecule has 1 heterocycles. The van der Waals surface area contributed by atoms with Gasteiger partial charge in [-0.3, -0.25) is 4.79 Å². The summed E-state index contributed by atoms with van der Waals surface area (Å²) in [5.74, 6) is -1.16. The molecule has 7 heteroatoms. The smallest absolute Gasteiger partial charge is 0.417 e. The van der Waals surface area contributed by atoms with Gasteiger partial charge in [0, 0.05) is 6.61 Å².